The fraction of sp³-hybridized carbons (Fsp3) is 0.444. The summed E-state index contributed by atoms with van der Waals surface area (Å²) in [6.07, 6.45) is 4.20. The van der Waals surface area contributed by atoms with Gasteiger partial charge in [0.1, 0.15) is 0 Å². The summed E-state index contributed by atoms with van der Waals surface area (Å²) in [5.41, 5.74) is 15.0. The van der Waals surface area contributed by atoms with E-state index in [0.29, 0.717) is 23.7 Å². The lowest BCUT2D eigenvalue weighted by atomic mass is 9.89. The van der Waals surface area contributed by atoms with Gasteiger partial charge < -0.3 is 0 Å². The molecule has 38 heavy (non-hydrogen) atoms. The Hall–Kier alpha value is -3.00. The third-order valence-corrected chi connectivity index (χ3v) is 8.07. The second kappa shape index (κ2) is 12.2. The molecule has 2 heteroatoms. The van der Waals surface area contributed by atoms with E-state index in [1.165, 1.54) is 55.6 Å². The average Bonchev–Trinajstić information content (AvgIpc) is 2.86. The fourth-order valence-corrected chi connectivity index (χ4v) is 5.34. The first-order valence-corrected chi connectivity index (χ1v) is 14.3. The molecule has 0 aliphatic heterocycles. The van der Waals surface area contributed by atoms with E-state index in [2.05, 4.69) is 132 Å². The molecule has 0 aromatic heterocycles. The van der Waals surface area contributed by atoms with E-state index in [1.54, 1.807) is 0 Å². The van der Waals surface area contributed by atoms with Crippen LogP contribution in [0.5, 0.6) is 0 Å². The predicted octanol–water partition coefficient (Wildman–Crippen LogP) is 10.9. The van der Waals surface area contributed by atoms with Crippen molar-refractivity contribution < 1.29 is 0 Å². The first-order valence-electron chi connectivity index (χ1n) is 14.3. The number of aliphatic imine (C=N–C) groups is 2. The summed E-state index contributed by atoms with van der Waals surface area (Å²) in [5, 5.41) is 0. The Kier molecular flexibility index (Phi) is 9.52. The smallest absolute Gasteiger partial charge is 0.0699 e. The van der Waals surface area contributed by atoms with Gasteiger partial charge >= 0.3 is 0 Å². The number of nitrogens with zero attached hydrogens (tertiary/aromatic N) is 2. The monoisotopic (exact) mass is 508 g/mol. The van der Waals surface area contributed by atoms with Crippen molar-refractivity contribution in [3.05, 3.63) is 92.0 Å². The van der Waals surface area contributed by atoms with Crippen molar-refractivity contribution in [3.63, 3.8) is 0 Å². The molecule has 0 aliphatic rings. The minimum atomic E-state index is 0.426. The molecule has 0 heterocycles. The van der Waals surface area contributed by atoms with Crippen molar-refractivity contribution in [1.82, 2.24) is 0 Å². The molecule has 0 saturated carbocycles. The van der Waals surface area contributed by atoms with E-state index in [4.69, 9.17) is 9.98 Å². The molecule has 0 aliphatic carbocycles. The maximum Gasteiger partial charge on any atom is 0.0699 e. The second-order valence-corrected chi connectivity index (χ2v) is 12.0. The number of hydrogen-bond donors (Lipinski definition) is 0. The third-order valence-electron chi connectivity index (χ3n) is 8.07. The molecule has 0 N–H and O–H groups in total. The molecule has 0 bridgehead atoms. The summed E-state index contributed by atoms with van der Waals surface area (Å²) in [6, 6.07) is 13.2. The fourth-order valence-electron chi connectivity index (χ4n) is 5.34. The SMILES string of the molecule is Cc1c(C)c(C=Nc2c(C(C)C)cccc2C(C)C)c(C)c(C)c1C=Nc1c(C(C)C)cccc1C(C)C. The molecule has 0 fully saturated rings. The van der Waals surface area contributed by atoms with Crippen molar-refractivity contribution in [2.45, 2.75) is 107 Å². The zero-order valence-corrected chi connectivity index (χ0v) is 25.8. The summed E-state index contributed by atoms with van der Waals surface area (Å²) in [4.78, 5) is 10.3. The molecule has 0 atom stereocenters. The Morgan fingerprint density at radius 1 is 0.447 bits per heavy atom. The predicted molar refractivity (Wildman–Crippen MR) is 169 cm³/mol. The first kappa shape index (κ1) is 29.6. The normalized spacial score (nSPS) is 12.4. The van der Waals surface area contributed by atoms with E-state index in [9.17, 15) is 0 Å². The van der Waals surface area contributed by atoms with Gasteiger partial charge in [0.2, 0.25) is 0 Å². The van der Waals surface area contributed by atoms with Crippen LogP contribution in [0, 0.1) is 27.7 Å². The maximum atomic E-state index is 5.15. The number of para-hydroxylation sites is 2. The van der Waals surface area contributed by atoms with Gasteiger partial charge in [-0.1, -0.05) is 91.8 Å². The van der Waals surface area contributed by atoms with Gasteiger partial charge in [0.25, 0.3) is 0 Å². The molecule has 3 rings (SSSR count). The van der Waals surface area contributed by atoms with Gasteiger partial charge in [0.15, 0.2) is 0 Å². The molecule has 3 aromatic rings. The van der Waals surface area contributed by atoms with Crippen molar-refractivity contribution >= 4 is 23.8 Å². The van der Waals surface area contributed by atoms with E-state index in [-0.39, 0.29) is 0 Å². The summed E-state index contributed by atoms with van der Waals surface area (Å²) in [6.45, 7) is 26.9. The number of benzene rings is 3. The number of rotatable bonds is 8. The molecule has 0 saturated heterocycles. The topological polar surface area (TPSA) is 24.7 Å². The van der Waals surface area contributed by atoms with Crippen LogP contribution in [-0.2, 0) is 0 Å². The minimum Gasteiger partial charge on any atom is -0.256 e. The first-order chi connectivity index (χ1) is 17.9. The molecule has 0 unspecified atom stereocenters. The molecule has 2 nitrogen and oxygen atoms in total. The highest BCUT2D eigenvalue weighted by atomic mass is 14.7. The Bertz CT molecular complexity index is 1160. The lowest BCUT2D eigenvalue weighted by molar-refractivity contribution is 0.834. The summed E-state index contributed by atoms with van der Waals surface area (Å²) in [5.74, 6) is 1.70. The van der Waals surface area contributed by atoms with Crippen LogP contribution in [-0.4, -0.2) is 12.4 Å². The zero-order chi connectivity index (χ0) is 28.3. The van der Waals surface area contributed by atoms with Gasteiger partial charge in [-0.15, -0.1) is 0 Å². The van der Waals surface area contributed by atoms with Crippen LogP contribution in [0.15, 0.2) is 46.4 Å². The van der Waals surface area contributed by atoms with Crippen molar-refractivity contribution in [3.8, 4) is 0 Å². The quantitative estimate of drug-likeness (QED) is 0.270. The van der Waals surface area contributed by atoms with Crippen molar-refractivity contribution in [2.24, 2.45) is 9.98 Å². The summed E-state index contributed by atoms with van der Waals surface area (Å²) < 4.78 is 0. The Labute approximate surface area is 232 Å². The Morgan fingerprint density at radius 2 is 0.684 bits per heavy atom. The zero-order valence-electron chi connectivity index (χ0n) is 25.8. The van der Waals surface area contributed by atoms with Crippen LogP contribution in [0.1, 0.15) is 135 Å². The molecule has 0 spiro atoms. The Balaban J connectivity index is 2.14. The van der Waals surface area contributed by atoms with Crippen molar-refractivity contribution in [2.75, 3.05) is 0 Å². The standard InChI is InChI=1S/C36H48N2/c1-21(2)29-15-13-16-30(22(3)4)35(29)37-19-33-25(9)27(11)34(28(12)26(33)10)20-38-36-31(23(5)6)17-14-18-32(36)24(7)8/h13-24H,1-12H3. The molecule has 0 radical (unpaired) electrons. The highest BCUT2D eigenvalue weighted by Gasteiger charge is 2.17. The molecule has 3 aromatic carbocycles. The molecule has 202 valence electrons. The largest absolute Gasteiger partial charge is 0.256 e. The van der Waals surface area contributed by atoms with Crippen molar-refractivity contribution in [1.29, 1.82) is 0 Å². The van der Waals surface area contributed by atoms with Gasteiger partial charge in [-0.3, -0.25) is 9.98 Å². The van der Waals surface area contributed by atoms with Gasteiger partial charge in [-0.2, -0.15) is 0 Å². The van der Waals surface area contributed by atoms with Gasteiger partial charge in [-0.25, -0.2) is 0 Å². The highest BCUT2D eigenvalue weighted by molar-refractivity contribution is 5.93. The third kappa shape index (κ3) is 6.01. The lowest BCUT2D eigenvalue weighted by Crippen LogP contribution is -2.05. The minimum absolute atomic E-state index is 0.426. The van der Waals surface area contributed by atoms with E-state index >= 15 is 0 Å². The van der Waals surface area contributed by atoms with Crippen LogP contribution < -0.4 is 0 Å². The second-order valence-electron chi connectivity index (χ2n) is 12.0. The van der Waals surface area contributed by atoms with Crippen LogP contribution in [0.3, 0.4) is 0 Å². The summed E-state index contributed by atoms with van der Waals surface area (Å²) in [7, 11) is 0. The van der Waals surface area contributed by atoms with Crippen LogP contribution in [0.25, 0.3) is 0 Å². The average molecular weight is 509 g/mol. The highest BCUT2D eigenvalue weighted by Crippen LogP contribution is 2.37. The van der Waals surface area contributed by atoms with E-state index < -0.39 is 0 Å². The number of hydrogen-bond acceptors (Lipinski definition) is 2. The van der Waals surface area contributed by atoms with Gasteiger partial charge in [0.05, 0.1) is 11.4 Å². The van der Waals surface area contributed by atoms with E-state index in [1.807, 2.05) is 0 Å². The van der Waals surface area contributed by atoms with Crippen LogP contribution in [0.2, 0.25) is 0 Å². The maximum absolute atomic E-state index is 5.15. The van der Waals surface area contributed by atoms with Crippen LogP contribution >= 0.6 is 0 Å². The van der Waals surface area contributed by atoms with Crippen LogP contribution in [0.4, 0.5) is 11.4 Å². The molecule has 0 amide bonds. The molecular formula is C36H48N2. The summed E-state index contributed by atoms with van der Waals surface area (Å²) >= 11 is 0. The van der Waals surface area contributed by atoms with Gasteiger partial charge in [-0.05, 0) is 107 Å². The van der Waals surface area contributed by atoms with E-state index in [0.717, 1.165) is 11.4 Å². The van der Waals surface area contributed by atoms with Gasteiger partial charge in [0, 0.05) is 12.4 Å². The lowest BCUT2D eigenvalue weighted by Gasteiger charge is -2.19. The Morgan fingerprint density at radius 3 is 0.895 bits per heavy atom. The molecular weight excluding hydrogens is 460 g/mol.